The lowest BCUT2D eigenvalue weighted by Crippen LogP contribution is -2.12. The Balaban J connectivity index is 1.78. The fourth-order valence-corrected chi connectivity index (χ4v) is 2.44. The Morgan fingerprint density at radius 3 is 2.22 bits per heavy atom. The number of halogens is 1. The second-order valence-electron chi connectivity index (χ2n) is 5.06. The van der Waals surface area contributed by atoms with Crippen LogP contribution >= 0.6 is 11.6 Å². The molecule has 23 heavy (non-hydrogen) atoms. The van der Waals surface area contributed by atoms with Gasteiger partial charge >= 0.3 is 0 Å². The molecule has 0 saturated heterocycles. The molecular formula is C19H14ClNO2. The molecule has 0 aliphatic rings. The highest BCUT2D eigenvalue weighted by molar-refractivity contribution is 6.31. The number of hydrogen-bond acceptors (Lipinski definition) is 2. The minimum absolute atomic E-state index is 0.104. The standard InChI is InChI=1S/C19H14ClNO2/c20-15-8-11-18(22)17(12-15)19(23)21-16-9-6-14(7-10-16)13-4-2-1-3-5-13/h1-12,22H,(H,21,23). The first-order chi connectivity index (χ1) is 11.1. The van der Waals surface area contributed by atoms with Gasteiger partial charge in [0, 0.05) is 10.7 Å². The average molecular weight is 324 g/mol. The molecule has 0 aromatic heterocycles. The molecule has 0 aliphatic carbocycles. The highest BCUT2D eigenvalue weighted by Crippen LogP contribution is 2.24. The van der Waals surface area contributed by atoms with Gasteiger partial charge in [-0.15, -0.1) is 0 Å². The molecule has 4 heteroatoms. The van der Waals surface area contributed by atoms with Gasteiger partial charge in [-0.25, -0.2) is 0 Å². The first kappa shape index (κ1) is 15.1. The van der Waals surface area contributed by atoms with Crippen LogP contribution in [0.15, 0.2) is 72.8 Å². The summed E-state index contributed by atoms with van der Waals surface area (Å²) in [6, 6.07) is 21.8. The Kier molecular flexibility index (Phi) is 4.31. The smallest absolute Gasteiger partial charge is 0.259 e. The van der Waals surface area contributed by atoms with Gasteiger partial charge in [-0.1, -0.05) is 54.1 Å². The normalized spacial score (nSPS) is 10.3. The van der Waals surface area contributed by atoms with E-state index >= 15 is 0 Å². The summed E-state index contributed by atoms with van der Waals surface area (Å²) in [6.45, 7) is 0. The van der Waals surface area contributed by atoms with E-state index in [0.29, 0.717) is 10.7 Å². The Labute approximate surface area is 139 Å². The number of amides is 1. The van der Waals surface area contributed by atoms with Crippen molar-refractivity contribution in [1.29, 1.82) is 0 Å². The van der Waals surface area contributed by atoms with Gasteiger partial charge in [-0.3, -0.25) is 4.79 Å². The monoisotopic (exact) mass is 323 g/mol. The number of hydrogen-bond donors (Lipinski definition) is 2. The summed E-state index contributed by atoms with van der Waals surface area (Å²) < 4.78 is 0. The van der Waals surface area contributed by atoms with Gasteiger partial charge in [0.05, 0.1) is 5.56 Å². The highest BCUT2D eigenvalue weighted by atomic mass is 35.5. The van der Waals surface area contributed by atoms with Gasteiger partial charge in [0.1, 0.15) is 5.75 Å². The second kappa shape index (κ2) is 6.55. The molecular weight excluding hydrogens is 310 g/mol. The summed E-state index contributed by atoms with van der Waals surface area (Å²) in [4.78, 5) is 12.2. The van der Waals surface area contributed by atoms with Crippen molar-refractivity contribution < 1.29 is 9.90 Å². The Morgan fingerprint density at radius 1 is 0.870 bits per heavy atom. The van der Waals surface area contributed by atoms with Crippen molar-refractivity contribution in [2.45, 2.75) is 0 Å². The number of rotatable bonds is 3. The van der Waals surface area contributed by atoms with Gasteiger partial charge in [-0.2, -0.15) is 0 Å². The second-order valence-corrected chi connectivity index (χ2v) is 5.50. The van der Waals surface area contributed by atoms with E-state index < -0.39 is 5.91 Å². The van der Waals surface area contributed by atoms with E-state index in [0.717, 1.165) is 11.1 Å². The molecule has 0 aliphatic heterocycles. The Morgan fingerprint density at radius 2 is 1.52 bits per heavy atom. The molecule has 0 spiro atoms. The third-order valence-corrected chi connectivity index (χ3v) is 3.69. The summed E-state index contributed by atoms with van der Waals surface area (Å²) in [5.41, 5.74) is 2.96. The number of phenolic OH excluding ortho intramolecular Hbond substituents is 1. The first-order valence-corrected chi connectivity index (χ1v) is 7.46. The zero-order valence-electron chi connectivity index (χ0n) is 12.2. The summed E-state index contributed by atoms with van der Waals surface area (Å²) in [7, 11) is 0. The SMILES string of the molecule is O=C(Nc1ccc(-c2ccccc2)cc1)c1cc(Cl)ccc1O. The molecule has 3 nitrogen and oxygen atoms in total. The quantitative estimate of drug-likeness (QED) is 0.715. The zero-order chi connectivity index (χ0) is 16.2. The van der Waals surface area contributed by atoms with Crippen LogP contribution in [-0.2, 0) is 0 Å². The minimum Gasteiger partial charge on any atom is -0.507 e. The lowest BCUT2D eigenvalue weighted by Gasteiger charge is -2.08. The third kappa shape index (κ3) is 3.52. The molecule has 0 heterocycles. The predicted octanol–water partition coefficient (Wildman–Crippen LogP) is 4.96. The van der Waals surface area contributed by atoms with Gasteiger partial charge < -0.3 is 10.4 Å². The molecule has 3 aromatic rings. The van der Waals surface area contributed by atoms with Crippen LogP contribution in [-0.4, -0.2) is 11.0 Å². The van der Waals surface area contributed by atoms with E-state index in [9.17, 15) is 9.90 Å². The molecule has 0 bridgehead atoms. The van der Waals surface area contributed by atoms with Gasteiger partial charge in [0.25, 0.3) is 5.91 Å². The largest absolute Gasteiger partial charge is 0.507 e. The van der Waals surface area contributed by atoms with Crippen LogP contribution < -0.4 is 5.32 Å². The molecule has 1 amide bonds. The molecule has 2 N–H and O–H groups in total. The third-order valence-electron chi connectivity index (χ3n) is 3.45. The zero-order valence-corrected chi connectivity index (χ0v) is 12.9. The van der Waals surface area contributed by atoms with Crippen molar-refractivity contribution in [3.05, 3.63) is 83.4 Å². The maximum Gasteiger partial charge on any atom is 0.259 e. The summed E-state index contributed by atoms with van der Waals surface area (Å²) in [5, 5.41) is 12.9. The van der Waals surface area contributed by atoms with Crippen molar-refractivity contribution in [3.63, 3.8) is 0 Å². The van der Waals surface area contributed by atoms with E-state index in [1.54, 1.807) is 0 Å². The number of nitrogens with one attached hydrogen (secondary N) is 1. The van der Waals surface area contributed by atoms with Crippen molar-refractivity contribution >= 4 is 23.2 Å². The number of carbonyl (C=O) groups is 1. The molecule has 0 unspecified atom stereocenters. The van der Waals surface area contributed by atoms with Gasteiger partial charge in [0.2, 0.25) is 0 Å². The highest BCUT2D eigenvalue weighted by Gasteiger charge is 2.12. The van der Waals surface area contributed by atoms with E-state index in [1.807, 2.05) is 54.6 Å². The number of anilines is 1. The van der Waals surface area contributed by atoms with E-state index in [-0.39, 0.29) is 11.3 Å². The van der Waals surface area contributed by atoms with Crippen LogP contribution in [0.3, 0.4) is 0 Å². The Hall–Kier alpha value is -2.78. The summed E-state index contributed by atoms with van der Waals surface area (Å²) in [5.74, 6) is -0.509. The number of carbonyl (C=O) groups excluding carboxylic acids is 1. The molecule has 0 radical (unpaired) electrons. The van der Waals surface area contributed by atoms with Crippen LogP contribution in [0, 0.1) is 0 Å². The Bertz CT molecular complexity index is 830. The molecule has 0 atom stereocenters. The maximum atomic E-state index is 12.2. The van der Waals surface area contributed by atoms with E-state index in [2.05, 4.69) is 5.32 Å². The van der Waals surface area contributed by atoms with Crippen molar-refractivity contribution in [3.8, 4) is 16.9 Å². The van der Waals surface area contributed by atoms with E-state index in [4.69, 9.17) is 11.6 Å². The van der Waals surface area contributed by atoms with Crippen molar-refractivity contribution in [2.75, 3.05) is 5.32 Å². The van der Waals surface area contributed by atoms with Crippen molar-refractivity contribution in [2.24, 2.45) is 0 Å². The van der Waals surface area contributed by atoms with Gasteiger partial charge in [-0.05, 0) is 41.5 Å². The van der Waals surface area contributed by atoms with Crippen LogP contribution in [0.2, 0.25) is 5.02 Å². The first-order valence-electron chi connectivity index (χ1n) is 7.09. The lowest BCUT2D eigenvalue weighted by molar-refractivity contribution is 0.102. The van der Waals surface area contributed by atoms with E-state index in [1.165, 1.54) is 18.2 Å². The minimum atomic E-state index is -0.405. The maximum absolute atomic E-state index is 12.2. The fourth-order valence-electron chi connectivity index (χ4n) is 2.27. The van der Waals surface area contributed by atoms with Crippen LogP contribution in [0.25, 0.3) is 11.1 Å². The van der Waals surface area contributed by atoms with Gasteiger partial charge in [0.15, 0.2) is 0 Å². The number of benzene rings is 3. The molecule has 0 fully saturated rings. The van der Waals surface area contributed by atoms with Crippen LogP contribution in [0.5, 0.6) is 5.75 Å². The van der Waals surface area contributed by atoms with Crippen LogP contribution in [0.4, 0.5) is 5.69 Å². The summed E-state index contributed by atoms with van der Waals surface area (Å²) >= 11 is 5.86. The molecule has 0 saturated carbocycles. The predicted molar refractivity (Wildman–Crippen MR) is 92.9 cm³/mol. The molecule has 3 rings (SSSR count). The van der Waals surface area contributed by atoms with Crippen LogP contribution in [0.1, 0.15) is 10.4 Å². The topological polar surface area (TPSA) is 49.3 Å². The number of phenols is 1. The average Bonchev–Trinajstić information content (AvgIpc) is 2.58. The van der Waals surface area contributed by atoms with Crippen molar-refractivity contribution in [1.82, 2.24) is 0 Å². The number of aromatic hydroxyl groups is 1. The molecule has 3 aromatic carbocycles. The summed E-state index contributed by atoms with van der Waals surface area (Å²) in [6.07, 6.45) is 0. The lowest BCUT2D eigenvalue weighted by atomic mass is 10.1. The fraction of sp³-hybridized carbons (Fsp3) is 0. The molecule has 114 valence electrons.